The number of allylic oxidation sites excluding steroid dienone is 1. The molecule has 0 radical (unpaired) electrons. The van der Waals surface area contributed by atoms with Crippen LogP contribution >= 0.6 is 15.9 Å². The van der Waals surface area contributed by atoms with Crippen LogP contribution in [0.25, 0.3) is 16.8 Å². The van der Waals surface area contributed by atoms with Gasteiger partial charge in [-0.2, -0.15) is 0 Å². The fourth-order valence-corrected chi connectivity index (χ4v) is 2.27. The highest BCUT2D eigenvalue weighted by molar-refractivity contribution is 9.09. The first-order chi connectivity index (χ1) is 7.85. The average Bonchev–Trinajstić information content (AvgIpc) is 2.36. The molecule has 2 aromatic rings. The first-order valence-corrected chi connectivity index (χ1v) is 6.55. The van der Waals surface area contributed by atoms with Gasteiger partial charge in [0.2, 0.25) is 0 Å². The third-order valence-corrected chi connectivity index (χ3v) is 3.40. The molecule has 1 aromatic carbocycles. The first kappa shape index (κ1) is 11.3. The van der Waals surface area contributed by atoms with Crippen LogP contribution in [0.1, 0.15) is 18.9 Å². The summed E-state index contributed by atoms with van der Waals surface area (Å²) in [4.78, 5) is 4.27. The van der Waals surface area contributed by atoms with E-state index >= 15 is 0 Å². The summed E-state index contributed by atoms with van der Waals surface area (Å²) in [6, 6.07) is 8.35. The summed E-state index contributed by atoms with van der Waals surface area (Å²) in [5.41, 5.74) is 2.59. The maximum Gasteiger partial charge on any atom is 0.0346 e. The molecule has 2 heteroatoms. The van der Waals surface area contributed by atoms with E-state index in [2.05, 4.69) is 52.1 Å². The number of hydrogen-bond donors (Lipinski definition) is 0. The smallest absolute Gasteiger partial charge is 0.0346 e. The van der Waals surface area contributed by atoms with E-state index in [4.69, 9.17) is 0 Å². The zero-order chi connectivity index (χ0) is 11.4. The number of alkyl halides is 1. The van der Waals surface area contributed by atoms with Crippen LogP contribution in [-0.4, -0.2) is 10.3 Å². The molecule has 2 rings (SSSR count). The van der Waals surface area contributed by atoms with Crippen molar-refractivity contribution >= 4 is 32.8 Å². The Morgan fingerprint density at radius 1 is 1.31 bits per heavy atom. The number of halogens is 1. The number of nitrogens with zero attached hydrogens (tertiary/aromatic N) is 1. The monoisotopic (exact) mass is 275 g/mol. The quantitative estimate of drug-likeness (QED) is 0.756. The molecule has 0 aliphatic rings. The highest BCUT2D eigenvalue weighted by atomic mass is 79.9. The molecule has 0 atom stereocenters. The van der Waals surface area contributed by atoms with Gasteiger partial charge in [-0.05, 0) is 11.8 Å². The summed E-state index contributed by atoms with van der Waals surface area (Å²) in [5, 5.41) is 3.39. The average molecular weight is 276 g/mol. The van der Waals surface area contributed by atoms with Gasteiger partial charge in [-0.3, -0.25) is 4.98 Å². The van der Waals surface area contributed by atoms with E-state index in [9.17, 15) is 0 Å². The molecule has 82 valence electrons. The van der Waals surface area contributed by atoms with Crippen molar-refractivity contribution in [1.29, 1.82) is 0 Å². The summed E-state index contributed by atoms with van der Waals surface area (Å²) in [6.45, 7) is 2.17. The normalized spacial score (nSPS) is 12.0. The highest BCUT2D eigenvalue weighted by Crippen LogP contribution is 2.20. The van der Waals surface area contributed by atoms with E-state index in [1.165, 1.54) is 21.9 Å². The van der Waals surface area contributed by atoms with Gasteiger partial charge in [-0.25, -0.2) is 0 Å². The lowest BCUT2D eigenvalue weighted by Gasteiger charge is -2.03. The number of rotatable bonds is 3. The minimum atomic E-state index is 0.923. The van der Waals surface area contributed by atoms with E-state index in [1.54, 1.807) is 0 Å². The van der Waals surface area contributed by atoms with Gasteiger partial charge < -0.3 is 0 Å². The number of fused-ring (bicyclic) bond motifs is 1. The molecule has 0 bridgehead atoms. The van der Waals surface area contributed by atoms with Gasteiger partial charge in [0, 0.05) is 28.7 Å². The maximum atomic E-state index is 4.27. The third kappa shape index (κ3) is 2.33. The fraction of sp³-hybridized carbons (Fsp3) is 0.214. The van der Waals surface area contributed by atoms with E-state index < -0.39 is 0 Å². The Hall–Kier alpha value is -1.15. The van der Waals surface area contributed by atoms with Gasteiger partial charge in [0.25, 0.3) is 0 Å². The van der Waals surface area contributed by atoms with E-state index in [-0.39, 0.29) is 0 Å². The third-order valence-electron chi connectivity index (χ3n) is 2.68. The van der Waals surface area contributed by atoms with E-state index in [1.807, 2.05) is 18.5 Å². The van der Waals surface area contributed by atoms with Crippen molar-refractivity contribution in [3.05, 3.63) is 47.8 Å². The SMILES string of the molecule is CC/C(=C/c1cncc2ccccc12)CBr. The lowest BCUT2D eigenvalue weighted by molar-refractivity contribution is 1.12. The van der Waals surface area contributed by atoms with Crippen LogP contribution in [0, 0.1) is 0 Å². The molecule has 1 nitrogen and oxygen atoms in total. The summed E-state index contributed by atoms with van der Waals surface area (Å²) in [7, 11) is 0. The zero-order valence-electron chi connectivity index (χ0n) is 9.28. The molecular weight excluding hydrogens is 262 g/mol. The molecule has 0 aliphatic heterocycles. The molecule has 0 spiro atoms. The minimum Gasteiger partial charge on any atom is -0.263 e. The van der Waals surface area contributed by atoms with Crippen LogP contribution in [0.3, 0.4) is 0 Å². The summed E-state index contributed by atoms with van der Waals surface area (Å²) in [6.07, 6.45) is 7.13. The largest absolute Gasteiger partial charge is 0.263 e. The van der Waals surface area contributed by atoms with Crippen molar-refractivity contribution < 1.29 is 0 Å². The molecule has 1 aromatic heterocycles. The summed E-state index contributed by atoms with van der Waals surface area (Å²) >= 11 is 3.51. The highest BCUT2D eigenvalue weighted by Gasteiger charge is 1.99. The Bertz CT molecular complexity index is 506. The van der Waals surface area contributed by atoms with Crippen LogP contribution in [0.2, 0.25) is 0 Å². The standard InChI is InChI=1S/C14H14BrN/c1-2-11(8-15)7-13-10-16-9-12-5-3-4-6-14(12)13/h3-7,9-10H,2,8H2,1H3/b11-7-. The molecule has 16 heavy (non-hydrogen) atoms. The molecule has 0 saturated heterocycles. The number of pyridine rings is 1. The Kier molecular flexibility index (Phi) is 3.73. The summed E-state index contributed by atoms with van der Waals surface area (Å²) < 4.78 is 0. The predicted molar refractivity (Wildman–Crippen MR) is 73.8 cm³/mol. The van der Waals surface area contributed by atoms with Gasteiger partial charge in [0.15, 0.2) is 0 Å². The Morgan fingerprint density at radius 3 is 2.88 bits per heavy atom. The van der Waals surface area contributed by atoms with Crippen LogP contribution in [0.15, 0.2) is 42.2 Å². The maximum absolute atomic E-state index is 4.27. The van der Waals surface area contributed by atoms with Crippen molar-refractivity contribution in [2.45, 2.75) is 13.3 Å². The van der Waals surface area contributed by atoms with Crippen LogP contribution in [0.5, 0.6) is 0 Å². The predicted octanol–water partition coefficient (Wildman–Crippen LogP) is 4.42. The van der Waals surface area contributed by atoms with Gasteiger partial charge in [0.1, 0.15) is 0 Å². The van der Waals surface area contributed by atoms with Crippen LogP contribution in [0.4, 0.5) is 0 Å². The van der Waals surface area contributed by atoms with E-state index in [0.717, 1.165) is 11.8 Å². The fourth-order valence-electron chi connectivity index (χ4n) is 1.71. The molecule has 0 fully saturated rings. The molecular formula is C14H14BrN. The van der Waals surface area contributed by atoms with Crippen molar-refractivity contribution in [2.75, 3.05) is 5.33 Å². The number of aromatic nitrogens is 1. The lowest BCUT2D eigenvalue weighted by Crippen LogP contribution is -1.85. The Labute approximate surface area is 104 Å². The van der Waals surface area contributed by atoms with Crippen LogP contribution in [-0.2, 0) is 0 Å². The summed E-state index contributed by atoms with van der Waals surface area (Å²) in [5.74, 6) is 0. The molecule has 0 amide bonds. The van der Waals surface area contributed by atoms with Crippen molar-refractivity contribution in [3.8, 4) is 0 Å². The van der Waals surface area contributed by atoms with Crippen molar-refractivity contribution in [2.24, 2.45) is 0 Å². The molecule has 1 heterocycles. The number of benzene rings is 1. The topological polar surface area (TPSA) is 12.9 Å². The van der Waals surface area contributed by atoms with Gasteiger partial charge >= 0.3 is 0 Å². The zero-order valence-corrected chi connectivity index (χ0v) is 10.9. The molecule has 0 saturated carbocycles. The molecule has 0 aliphatic carbocycles. The van der Waals surface area contributed by atoms with Gasteiger partial charge in [-0.1, -0.05) is 58.8 Å². The number of hydrogen-bond acceptors (Lipinski definition) is 1. The second kappa shape index (κ2) is 5.26. The Balaban J connectivity index is 2.56. The van der Waals surface area contributed by atoms with Gasteiger partial charge in [-0.15, -0.1) is 0 Å². The second-order valence-electron chi connectivity index (χ2n) is 3.74. The lowest BCUT2D eigenvalue weighted by atomic mass is 10.1. The van der Waals surface area contributed by atoms with Crippen molar-refractivity contribution in [3.63, 3.8) is 0 Å². The Morgan fingerprint density at radius 2 is 2.12 bits per heavy atom. The molecule has 0 N–H and O–H groups in total. The van der Waals surface area contributed by atoms with Crippen LogP contribution < -0.4 is 0 Å². The van der Waals surface area contributed by atoms with E-state index in [0.29, 0.717) is 0 Å². The van der Waals surface area contributed by atoms with Gasteiger partial charge in [0.05, 0.1) is 0 Å². The first-order valence-electron chi connectivity index (χ1n) is 5.43. The minimum absolute atomic E-state index is 0.923. The molecule has 0 unspecified atom stereocenters. The van der Waals surface area contributed by atoms with Crippen molar-refractivity contribution in [1.82, 2.24) is 4.98 Å². The second-order valence-corrected chi connectivity index (χ2v) is 4.30.